The van der Waals surface area contributed by atoms with Crippen LogP contribution >= 0.6 is 12.2 Å². The number of carbonyl (C=O) groups excluding carboxylic acids is 1. The fraction of sp³-hybridized carbons (Fsp3) is 0.130. The number of nitrogens with one attached hydrogen (secondary N) is 3. The van der Waals surface area contributed by atoms with Crippen molar-refractivity contribution in [1.29, 1.82) is 0 Å². The van der Waals surface area contributed by atoms with Gasteiger partial charge < -0.3 is 14.8 Å². The number of sulfonamides is 1. The second-order valence-electron chi connectivity index (χ2n) is 6.77. The SMILES string of the molecule is COCCOc1ccc(C(=O)NC(=S)Nc2ccc(S(=O)(=O)Nc3ccccc3)cc2)cc1. The molecule has 172 valence electrons. The third-order valence-corrected chi connectivity index (χ3v) is 5.95. The van der Waals surface area contributed by atoms with Gasteiger partial charge in [-0.1, -0.05) is 18.2 Å². The number of hydrogen-bond acceptors (Lipinski definition) is 6. The van der Waals surface area contributed by atoms with Gasteiger partial charge in [0, 0.05) is 24.0 Å². The van der Waals surface area contributed by atoms with E-state index in [0.29, 0.717) is 35.9 Å². The van der Waals surface area contributed by atoms with E-state index in [0.717, 1.165) is 0 Å². The summed E-state index contributed by atoms with van der Waals surface area (Å²) in [6, 6.07) is 21.2. The van der Waals surface area contributed by atoms with Crippen molar-refractivity contribution in [2.24, 2.45) is 0 Å². The largest absolute Gasteiger partial charge is 0.491 e. The van der Waals surface area contributed by atoms with E-state index in [4.69, 9.17) is 21.7 Å². The first-order chi connectivity index (χ1) is 15.9. The zero-order valence-electron chi connectivity index (χ0n) is 17.8. The van der Waals surface area contributed by atoms with Crippen LogP contribution in [0.2, 0.25) is 0 Å². The minimum atomic E-state index is -3.72. The van der Waals surface area contributed by atoms with Gasteiger partial charge in [-0.15, -0.1) is 0 Å². The molecule has 3 rings (SSSR count). The first-order valence-corrected chi connectivity index (χ1v) is 11.8. The zero-order valence-corrected chi connectivity index (χ0v) is 19.4. The van der Waals surface area contributed by atoms with E-state index in [-0.39, 0.29) is 15.9 Å². The van der Waals surface area contributed by atoms with Crippen molar-refractivity contribution < 1.29 is 22.7 Å². The first kappa shape index (κ1) is 24.2. The fourth-order valence-corrected chi connectivity index (χ4v) is 3.99. The standard InChI is InChI=1S/C23H23N3O5S2/c1-30-15-16-31-20-11-7-17(8-12-20)22(27)25-23(32)24-18-9-13-21(14-10-18)33(28,29)26-19-5-3-2-4-6-19/h2-14,26H,15-16H2,1H3,(H2,24,25,27,32). The number of methoxy groups -OCH3 is 1. The van der Waals surface area contributed by atoms with E-state index in [2.05, 4.69) is 15.4 Å². The molecule has 0 aliphatic heterocycles. The third kappa shape index (κ3) is 7.28. The van der Waals surface area contributed by atoms with E-state index < -0.39 is 10.0 Å². The van der Waals surface area contributed by atoms with Crippen molar-refractivity contribution >= 4 is 44.6 Å². The van der Waals surface area contributed by atoms with Crippen LogP contribution in [0.4, 0.5) is 11.4 Å². The van der Waals surface area contributed by atoms with Crippen LogP contribution in [0.1, 0.15) is 10.4 Å². The third-order valence-electron chi connectivity index (χ3n) is 4.35. The van der Waals surface area contributed by atoms with Gasteiger partial charge in [0.2, 0.25) is 0 Å². The van der Waals surface area contributed by atoms with Crippen LogP contribution in [-0.4, -0.2) is 39.8 Å². The van der Waals surface area contributed by atoms with Crippen molar-refractivity contribution in [3.8, 4) is 5.75 Å². The number of carbonyl (C=O) groups is 1. The van der Waals surface area contributed by atoms with Crippen LogP contribution in [0, 0.1) is 0 Å². The maximum Gasteiger partial charge on any atom is 0.261 e. The van der Waals surface area contributed by atoms with Gasteiger partial charge in [0.15, 0.2) is 5.11 Å². The summed E-state index contributed by atoms with van der Waals surface area (Å²) in [6.45, 7) is 0.886. The Morgan fingerprint density at radius 3 is 2.18 bits per heavy atom. The Morgan fingerprint density at radius 2 is 1.55 bits per heavy atom. The van der Waals surface area contributed by atoms with Gasteiger partial charge in [0.05, 0.1) is 11.5 Å². The Balaban J connectivity index is 1.54. The molecule has 0 fully saturated rings. The van der Waals surface area contributed by atoms with Crippen LogP contribution in [0.3, 0.4) is 0 Å². The van der Waals surface area contributed by atoms with Gasteiger partial charge in [0.1, 0.15) is 12.4 Å². The molecule has 3 aromatic rings. The van der Waals surface area contributed by atoms with Crippen LogP contribution in [0.25, 0.3) is 0 Å². The molecule has 0 spiro atoms. The maximum absolute atomic E-state index is 12.5. The number of ether oxygens (including phenoxy) is 2. The molecule has 0 saturated carbocycles. The molecule has 3 aromatic carbocycles. The molecule has 0 aliphatic carbocycles. The molecule has 0 unspecified atom stereocenters. The summed E-state index contributed by atoms with van der Waals surface area (Å²) in [5, 5.41) is 5.53. The molecule has 0 aliphatic rings. The van der Waals surface area contributed by atoms with Crippen LogP contribution in [0.5, 0.6) is 5.75 Å². The number of hydrogen-bond donors (Lipinski definition) is 3. The second kappa shape index (κ2) is 11.4. The number of benzene rings is 3. The highest BCUT2D eigenvalue weighted by molar-refractivity contribution is 7.92. The first-order valence-electron chi connectivity index (χ1n) is 9.89. The summed E-state index contributed by atoms with van der Waals surface area (Å²) in [4.78, 5) is 12.5. The lowest BCUT2D eigenvalue weighted by Gasteiger charge is -2.11. The molecule has 0 saturated heterocycles. The molecule has 8 nitrogen and oxygen atoms in total. The van der Waals surface area contributed by atoms with Crippen molar-refractivity contribution in [2.45, 2.75) is 4.90 Å². The lowest BCUT2D eigenvalue weighted by atomic mass is 10.2. The summed E-state index contributed by atoms with van der Waals surface area (Å²) in [5.74, 6) is 0.239. The average molecular weight is 486 g/mol. The second-order valence-corrected chi connectivity index (χ2v) is 8.86. The predicted octanol–water partition coefficient (Wildman–Crippen LogP) is 3.64. The van der Waals surface area contributed by atoms with E-state index in [9.17, 15) is 13.2 Å². The molecule has 0 bridgehead atoms. The molecule has 0 aromatic heterocycles. The van der Waals surface area contributed by atoms with Gasteiger partial charge >= 0.3 is 0 Å². The highest BCUT2D eigenvalue weighted by atomic mass is 32.2. The molecule has 1 amide bonds. The zero-order chi connectivity index (χ0) is 23.7. The van der Waals surface area contributed by atoms with Gasteiger partial charge in [-0.05, 0) is 72.9 Å². The summed E-state index contributed by atoms with van der Waals surface area (Å²) in [5.41, 5.74) is 1.41. The van der Waals surface area contributed by atoms with Gasteiger partial charge in [0.25, 0.3) is 15.9 Å². The number of rotatable bonds is 9. The Hall–Kier alpha value is -3.47. The quantitative estimate of drug-likeness (QED) is 0.314. The van der Waals surface area contributed by atoms with E-state index >= 15 is 0 Å². The average Bonchev–Trinajstić information content (AvgIpc) is 2.80. The van der Waals surface area contributed by atoms with Crippen LogP contribution in [-0.2, 0) is 14.8 Å². The van der Waals surface area contributed by atoms with E-state index in [1.807, 2.05) is 0 Å². The van der Waals surface area contributed by atoms with Crippen LogP contribution in [0.15, 0.2) is 83.8 Å². The highest BCUT2D eigenvalue weighted by Gasteiger charge is 2.14. The Bertz CT molecular complexity index is 1180. The molecular weight excluding hydrogens is 462 g/mol. The monoisotopic (exact) mass is 485 g/mol. The summed E-state index contributed by atoms with van der Waals surface area (Å²) in [7, 11) is -2.13. The Morgan fingerprint density at radius 1 is 0.879 bits per heavy atom. The molecule has 33 heavy (non-hydrogen) atoms. The smallest absolute Gasteiger partial charge is 0.261 e. The molecule has 0 radical (unpaired) electrons. The molecule has 3 N–H and O–H groups in total. The summed E-state index contributed by atoms with van der Waals surface area (Å²) < 4.78 is 37.9. The van der Waals surface area contributed by atoms with E-state index in [1.54, 1.807) is 73.8 Å². The van der Waals surface area contributed by atoms with Gasteiger partial charge in [-0.3, -0.25) is 14.8 Å². The topological polar surface area (TPSA) is 106 Å². The van der Waals surface area contributed by atoms with Crippen molar-refractivity contribution in [1.82, 2.24) is 5.32 Å². The minimum absolute atomic E-state index is 0.0819. The fourth-order valence-electron chi connectivity index (χ4n) is 2.72. The molecule has 0 atom stereocenters. The molecular formula is C23H23N3O5S2. The lowest BCUT2D eigenvalue weighted by molar-refractivity contribution is 0.0977. The molecule has 10 heteroatoms. The lowest BCUT2D eigenvalue weighted by Crippen LogP contribution is -2.34. The normalized spacial score (nSPS) is 10.8. The van der Waals surface area contributed by atoms with Crippen molar-refractivity contribution in [3.05, 3.63) is 84.4 Å². The summed E-state index contributed by atoms with van der Waals surface area (Å²) >= 11 is 5.19. The minimum Gasteiger partial charge on any atom is -0.491 e. The van der Waals surface area contributed by atoms with Gasteiger partial charge in [-0.25, -0.2) is 8.42 Å². The van der Waals surface area contributed by atoms with Crippen LogP contribution < -0.4 is 20.1 Å². The maximum atomic E-state index is 12.5. The Kier molecular flexibility index (Phi) is 8.36. The van der Waals surface area contributed by atoms with Crippen molar-refractivity contribution in [2.75, 3.05) is 30.4 Å². The van der Waals surface area contributed by atoms with E-state index in [1.165, 1.54) is 12.1 Å². The Labute approximate surface area is 198 Å². The number of amides is 1. The number of anilines is 2. The highest BCUT2D eigenvalue weighted by Crippen LogP contribution is 2.18. The number of para-hydroxylation sites is 1. The number of thiocarbonyl (C=S) groups is 1. The summed E-state index contributed by atoms with van der Waals surface area (Å²) in [6.07, 6.45) is 0. The molecule has 0 heterocycles. The van der Waals surface area contributed by atoms with Gasteiger partial charge in [-0.2, -0.15) is 0 Å². The van der Waals surface area contributed by atoms with Crippen molar-refractivity contribution in [3.63, 3.8) is 0 Å². The predicted molar refractivity (Wildman–Crippen MR) is 131 cm³/mol.